The SMILES string of the molecule is CC(C(=O)NCCN1CCN(C(=O)OC(C)(C)C)CC1)n1nnc2ccccc2c1=O. The molecule has 1 fully saturated rings. The number of aromatic nitrogens is 3. The van der Waals surface area contributed by atoms with Crippen molar-refractivity contribution >= 4 is 22.9 Å². The summed E-state index contributed by atoms with van der Waals surface area (Å²) in [7, 11) is 0. The Labute approximate surface area is 181 Å². The van der Waals surface area contributed by atoms with Crippen LogP contribution in [0.3, 0.4) is 0 Å². The third kappa shape index (κ3) is 5.78. The van der Waals surface area contributed by atoms with Crippen LogP contribution in [0.1, 0.15) is 33.7 Å². The number of nitrogens with zero attached hydrogens (tertiary/aromatic N) is 5. The van der Waals surface area contributed by atoms with Crippen LogP contribution >= 0.6 is 0 Å². The van der Waals surface area contributed by atoms with Gasteiger partial charge in [0.2, 0.25) is 5.91 Å². The molecular formula is C21H30N6O4. The third-order valence-electron chi connectivity index (χ3n) is 5.09. The summed E-state index contributed by atoms with van der Waals surface area (Å²) in [5.41, 5.74) is -0.347. The molecule has 0 aliphatic carbocycles. The molecule has 0 bridgehead atoms. The highest BCUT2D eigenvalue weighted by atomic mass is 16.6. The monoisotopic (exact) mass is 430 g/mol. The second-order valence-electron chi connectivity index (χ2n) is 8.63. The molecule has 168 valence electrons. The van der Waals surface area contributed by atoms with Crippen molar-refractivity contribution in [3.8, 4) is 0 Å². The minimum absolute atomic E-state index is 0.293. The standard InChI is InChI=1S/C21H30N6O4/c1-15(27-19(29)16-7-5-6-8-17(16)23-24-27)18(28)22-9-10-25-11-13-26(14-12-25)20(30)31-21(2,3)4/h5-8,15H,9-14H2,1-4H3,(H,22,28). The molecule has 3 rings (SSSR count). The van der Waals surface area contributed by atoms with Crippen molar-refractivity contribution in [1.29, 1.82) is 0 Å². The molecule has 1 N–H and O–H groups in total. The number of carbonyl (C=O) groups excluding carboxylic acids is 2. The predicted molar refractivity (Wildman–Crippen MR) is 116 cm³/mol. The molecule has 1 saturated heterocycles. The zero-order valence-corrected chi connectivity index (χ0v) is 18.5. The minimum atomic E-state index is -0.770. The maximum atomic E-state index is 12.6. The summed E-state index contributed by atoms with van der Waals surface area (Å²) >= 11 is 0. The zero-order chi connectivity index (χ0) is 22.6. The number of fused-ring (bicyclic) bond motifs is 1. The van der Waals surface area contributed by atoms with Crippen molar-refractivity contribution in [2.75, 3.05) is 39.3 Å². The van der Waals surface area contributed by atoms with E-state index in [-0.39, 0.29) is 17.6 Å². The second-order valence-corrected chi connectivity index (χ2v) is 8.63. The van der Waals surface area contributed by atoms with Gasteiger partial charge in [0, 0.05) is 39.3 Å². The number of benzene rings is 1. The molecule has 0 radical (unpaired) electrons. The molecule has 1 unspecified atom stereocenters. The van der Waals surface area contributed by atoms with Gasteiger partial charge in [0.15, 0.2) is 0 Å². The molecule has 31 heavy (non-hydrogen) atoms. The number of hydrogen-bond acceptors (Lipinski definition) is 7. The van der Waals surface area contributed by atoms with Crippen LogP contribution in [-0.2, 0) is 9.53 Å². The van der Waals surface area contributed by atoms with Crippen LogP contribution in [-0.4, -0.2) is 81.7 Å². The van der Waals surface area contributed by atoms with Gasteiger partial charge in [-0.3, -0.25) is 14.5 Å². The fourth-order valence-corrected chi connectivity index (χ4v) is 3.33. The average Bonchev–Trinajstić information content (AvgIpc) is 2.73. The van der Waals surface area contributed by atoms with E-state index in [1.807, 2.05) is 20.8 Å². The van der Waals surface area contributed by atoms with Crippen molar-refractivity contribution in [2.24, 2.45) is 0 Å². The first-order chi connectivity index (χ1) is 14.7. The molecule has 10 heteroatoms. The fraction of sp³-hybridized carbons (Fsp3) is 0.571. The largest absolute Gasteiger partial charge is 0.444 e. The van der Waals surface area contributed by atoms with Gasteiger partial charge < -0.3 is 15.0 Å². The average molecular weight is 431 g/mol. The summed E-state index contributed by atoms with van der Waals surface area (Å²) in [5.74, 6) is -0.293. The Bertz CT molecular complexity index is 991. The molecule has 1 aliphatic heterocycles. The van der Waals surface area contributed by atoms with Gasteiger partial charge in [-0.1, -0.05) is 17.3 Å². The highest BCUT2D eigenvalue weighted by Gasteiger charge is 2.26. The molecule has 10 nitrogen and oxygen atoms in total. The molecule has 0 spiro atoms. The molecule has 2 amide bonds. The van der Waals surface area contributed by atoms with E-state index in [9.17, 15) is 14.4 Å². The number of nitrogens with one attached hydrogen (secondary N) is 1. The van der Waals surface area contributed by atoms with Crippen LogP contribution in [0.2, 0.25) is 0 Å². The number of rotatable bonds is 5. The van der Waals surface area contributed by atoms with Crippen LogP contribution < -0.4 is 10.9 Å². The lowest BCUT2D eigenvalue weighted by atomic mass is 10.2. The smallest absolute Gasteiger partial charge is 0.410 e. The number of piperazine rings is 1. The topological polar surface area (TPSA) is 110 Å². The first kappa shape index (κ1) is 22.7. The number of carbonyl (C=O) groups is 2. The van der Waals surface area contributed by atoms with E-state index in [1.54, 1.807) is 36.1 Å². The lowest BCUT2D eigenvalue weighted by Crippen LogP contribution is -2.51. The van der Waals surface area contributed by atoms with Crippen LogP contribution in [0.15, 0.2) is 29.1 Å². The summed E-state index contributed by atoms with van der Waals surface area (Å²) in [5, 5.41) is 11.2. The Hall–Kier alpha value is -3.01. The maximum absolute atomic E-state index is 12.6. The van der Waals surface area contributed by atoms with E-state index < -0.39 is 11.6 Å². The highest BCUT2D eigenvalue weighted by molar-refractivity contribution is 5.81. The Morgan fingerprint density at radius 3 is 2.52 bits per heavy atom. The summed E-state index contributed by atoms with van der Waals surface area (Å²) in [6.45, 7) is 10.8. The normalized spacial score (nSPS) is 16.2. The molecular weight excluding hydrogens is 400 g/mol. The fourth-order valence-electron chi connectivity index (χ4n) is 3.33. The molecule has 1 aliphatic rings. The first-order valence-electron chi connectivity index (χ1n) is 10.5. The summed E-state index contributed by atoms with van der Waals surface area (Å²) in [6, 6.07) is 6.15. The molecule has 2 heterocycles. The van der Waals surface area contributed by atoms with E-state index in [0.717, 1.165) is 4.68 Å². The second kappa shape index (κ2) is 9.42. The van der Waals surface area contributed by atoms with Crippen LogP contribution in [0.4, 0.5) is 4.79 Å². The van der Waals surface area contributed by atoms with Crippen LogP contribution in [0.5, 0.6) is 0 Å². The quantitative estimate of drug-likeness (QED) is 0.754. The summed E-state index contributed by atoms with van der Waals surface area (Å²) in [4.78, 5) is 41.1. The Morgan fingerprint density at radius 2 is 1.84 bits per heavy atom. The van der Waals surface area contributed by atoms with E-state index in [0.29, 0.717) is 50.2 Å². The number of ether oxygens (including phenoxy) is 1. The van der Waals surface area contributed by atoms with Gasteiger partial charge in [0.05, 0.1) is 5.39 Å². The van der Waals surface area contributed by atoms with Gasteiger partial charge in [-0.2, -0.15) is 4.68 Å². The van der Waals surface area contributed by atoms with Crippen molar-refractivity contribution < 1.29 is 14.3 Å². The highest BCUT2D eigenvalue weighted by Crippen LogP contribution is 2.12. The Kier molecular flexibility index (Phi) is 6.89. The van der Waals surface area contributed by atoms with E-state index >= 15 is 0 Å². The minimum Gasteiger partial charge on any atom is -0.444 e. The van der Waals surface area contributed by atoms with Gasteiger partial charge in [-0.25, -0.2) is 4.79 Å². The van der Waals surface area contributed by atoms with Crippen molar-refractivity contribution in [1.82, 2.24) is 30.1 Å². The van der Waals surface area contributed by atoms with Gasteiger partial charge in [0.25, 0.3) is 5.56 Å². The summed E-state index contributed by atoms with van der Waals surface area (Å²) < 4.78 is 6.51. The molecule has 1 aromatic heterocycles. The van der Waals surface area contributed by atoms with Crippen LogP contribution in [0, 0.1) is 0 Å². The zero-order valence-electron chi connectivity index (χ0n) is 18.5. The Morgan fingerprint density at radius 1 is 1.16 bits per heavy atom. The lowest BCUT2D eigenvalue weighted by molar-refractivity contribution is -0.124. The molecule has 1 atom stereocenters. The van der Waals surface area contributed by atoms with E-state index in [4.69, 9.17) is 4.74 Å². The number of amides is 2. The van der Waals surface area contributed by atoms with Crippen molar-refractivity contribution in [2.45, 2.75) is 39.3 Å². The van der Waals surface area contributed by atoms with E-state index in [1.165, 1.54) is 0 Å². The predicted octanol–water partition coefficient (Wildman–Crippen LogP) is 1.02. The van der Waals surface area contributed by atoms with Crippen molar-refractivity contribution in [3.63, 3.8) is 0 Å². The van der Waals surface area contributed by atoms with Gasteiger partial charge in [-0.15, -0.1) is 5.10 Å². The third-order valence-corrected chi connectivity index (χ3v) is 5.09. The van der Waals surface area contributed by atoms with Crippen LogP contribution in [0.25, 0.3) is 10.9 Å². The van der Waals surface area contributed by atoms with Gasteiger partial charge in [-0.05, 0) is 39.8 Å². The number of hydrogen-bond donors (Lipinski definition) is 1. The van der Waals surface area contributed by atoms with E-state index in [2.05, 4.69) is 20.5 Å². The lowest BCUT2D eigenvalue weighted by Gasteiger charge is -2.35. The maximum Gasteiger partial charge on any atom is 0.410 e. The Balaban J connectivity index is 1.46. The first-order valence-corrected chi connectivity index (χ1v) is 10.5. The van der Waals surface area contributed by atoms with Crippen molar-refractivity contribution in [3.05, 3.63) is 34.6 Å². The molecule has 2 aromatic rings. The van der Waals surface area contributed by atoms with Gasteiger partial charge >= 0.3 is 6.09 Å². The molecule has 1 aromatic carbocycles. The summed E-state index contributed by atoms with van der Waals surface area (Å²) in [6.07, 6.45) is -0.295. The molecule has 0 saturated carbocycles. The van der Waals surface area contributed by atoms with Gasteiger partial charge in [0.1, 0.15) is 17.2 Å².